The highest BCUT2D eigenvalue weighted by atomic mass is 14.9. The summed E-state index contributed by atoms with van der Waals surface area (Å²) in [5.74, 6) is 0.682. The zero-order valence-electron chi connectivity index (χ0n) is 26.1. The minimum atomic E-state index is 0.682. The lowest BCUT2D eigenvalue weighted by Gasteiger charge is -2.15. The van der Waals surface area contributed by atoms with E-state index in [1.165, 1.54) is 43.4 Å². The Bertz CT molecular complexity index is 2590. The predicted octanol–water partition coefficient (Wildman–Crippen LogP) is 11.7. The quantitative estimate of drug-likeness (QED) is 0.144. The SMILES string of the molecule is c1ccc(-c2cc(-c3ccc(-c4c5ccccc5cc5c4ccc4ccccc45)cc3)nc(-c3ccccc3-c3cccnc3)n2)cc1. The third kappa shape index (κ3) is 4.90. The van der Waals surface area contributed by atoms with Crippen molar-refractivity contribution in [1.29, 1.82) is 0 Å². The van der Waals surface area contributed by atoms with Gasteiger partial charge in [-0.2, -0.15) is 0 Å². The lowest BCUT2D eigenvalue weighted by Crippen LogP contribution is -1.97. The summed E-state index contributed by atoms with van der Waals surface area (Å²) >= 11 is 0. The number of benzene rings is 7. The molecule has 2 heterocycles. The fraction of sp³-hybridized carbons (Fsp3) is 0. The van der Waals surface area contributed by atoms with Crippen LogP contribution in [0, 0.1) is 0 Å². The van der Waals surface area contributed by atoms with Crippen LogP contribution in [0.5, 0.6) is 0 Å². The number of aromatic nitrogens is 3. The molecule has 2 aromatic heterocycles. The minimum Gasteiger partial charge on any atom is -0.264 e. The molecule has 0 fully saturated rings. The van der Waals surface area contributed by atoms with E-state index in [1.807, 2.05) is 42.6 Å². The van der Waals surface area contributed by atoms with Crippen LogP contribution in [0.25, 0.3) is 88.5 Å². The van der Waals surface area contributed by atoms with E-state index in [4.69, 9.17) is 9.97 Å². The minimum absolute atomic E-state index is 0.682. The van der Waals surface area contributed by atoms with E-state index < -0.39 is 0 Å². The van der Waals surface area contributed by atoms with Crippen molar-refractivity contribution in [3.8, 4) is 56.2 Å². The monoisotopic (exact) mass is 611 g/mol. The molecule has 0 aliphatic heterocycles. The molecule has 0 amide bonds. The number of pyridine rings is 1. The highest BCUT2D eigenvalue weighted by Gasteiger charge is 2.16. The van der Waals surface area contributed by atoms with Crippen molar-refractivity contribution >= 4 is 32.3 Å². The molecule has 0 atom stereocenters. The smallest absolute Gasteiger partial charge is 0.161 e. The first-order valence-electron chi connectivity index (χ1n) is 16.2. The maximum atomic E-state index is 5.19. The lowest BCUT2D eigenvalue weighted by molar-refractivity contribution is 1.18. The Balaban J connectivity index is 1.21. The molecule has 0 N–H and O–H groups in total. The van der Waals surface area contributed by atoms with Crippen LogP contribution in [0.3, 0.4) is 0 Å². The molecule has 0 saturated carbocycles. The van der Waals surface area contributed by atoms with Gasteiger partial charge in [-0.25, -0.2) is 9.97 Å². The second-order valence-corrected chi connectivity index (χ2v) is 12.0. The van der Waals surface area contributed by atoms with Crippen LogP contribution in [0.1, 0.15) is 0 Å². The summed E-state index contributed by atoms with van der Waals surface area (Å²) in [6, 6.07) is 57.8. The van der Waals surface area contributed by atoms with E-state index in [0.717, 1.165) is 39.2 Å². The van der Waals surface area contributed by atoms with Crippen LogP contribution < -0.4 is 0 Å². The summed E-state index contributed by atoms with van der Waals surface area (Å²) in [4.78, 5) is 14.7. The molecule has 9 rings (SSSR count). The molecule has 9 aromatic rings. The van der Waals surface area contributed by atoms with Gasteiger partial charge in [0.2, 0.25) is 0 Å². The number of fused-ring (bicyclic) bond motifs is 4. The van der Waals surface area contributed by atoms with E-state index in [0.29, 0.717) is 5.82 Å². The molecule has 0 aliphatic carbocycles. The van der Waals surface area contributed by atoms with E-state index in [2.05, 4.69) is 132 Å². The zero-order valence-corrected chi connectivity index (χ0v) is 26.1. The Labute approximate surface area is 278 Å². The summed E-state index contributed by atoms with van der Waals surface area (Å²) in [5.41, 5.74) is 9.31. The molecule has 3 heteroatoms. The van der Waals surface area contributed by atoms with Crippen LogP contribution in [-0.2, 0) is 0 Å². The van der Waals surface area contributed by atoms with Gasteiger partial charge in [-0.3, -0.25) is 4.98 Å². The van der Waals surface area contributed by atoms with Gasteiger partial charge in [0.05, 0.1) is 11.4 Å². The number of hydrogen-bond donors (Lipinski definition) is 0. The van der Waals surface area contributed by atoms with Gasteiger partial charge in [-0.05, 0) is 67.2 Å². The number of nitrogens with zero attached hydrogens (tertiary/aromatic N) is 3. The van der Waals surface area contributed by atoms with Crippen molar-refractivity contribution in [3.63, 3.8) is 0 Å². The summed E-state index contributed by atoms with van der Waals surface area (Å²) in [6.07, 6.45) is 3.68. The predicted molar refractivity (Wildman–Crippen MR) is 200 cm³/mol. The molecule has 0 aliphatic rings. The van der Waals surface area contributed by atoms with E-state index in [1.54, 1.807) is 6.20 Å². The van der Waals surface area contributed by atoms with Crippen molar-refractivity contribution in [3.05, 3.63) is 176 Å². The van der Waals surface area contributed by atoms with Crippen molar-refractivity contribution in [1.82, 2.24) is 15.0 Å². The fourth-order valence-electron chi connectivity index (χ4n) is 6.86. The molecule has 7 aromatic carbocycles. The molecule has 0 saturated heterocycles. The van der Waals surface area contributed by atoms with Crippen LogP contribution in [0.2, 0.25) is 0 Å². The average molecular weight is 612 g/mol. The Kier molecular flexibility index (Phi) is 6.80. The second kappa shape index (κ2) is 11.7. The van der Waals surface area contributed by atoms with Gasteiger partial charge < -0.3 is 0 Å². The molecule has 48 heavy (non-hydrogen) atoms. The number of rotatable bonds is 5. The maximum Gasteiger partial charge on any atom is 0.161 e. The third-order valence-corrected chi connectivity index (χ3v) is 9.18. The van der Waals surface area contributed by atoms with Crippen LogP contribution in [0.15, 0.2) is 176 Å². The highest BCUT2D eigenvalue weighted by Crippen LogP contribution is 2.40. The molecular formula is C45H29N3. The largest absolute Gasteiger partial charge is 0.264 e. The molecule has 3 nitrogen and oxygen atoms in total. The standard InChI is InChI=1S/C45H29N3/c1-2-12-31(13-3-1)42-28-43(48-45(47-42)40-19-9-8-17-37(40)35-15-10-26-46-29-35)32-20-22-33(23-21-32)44-38-18-7-5-14-34(38)27-41-36-16-6-4-11-30(36)24-25-39(41)44/h1-29H. The normalized spacial score (nSPS) is 11.3. The average Bonchev–Trinajstić information content (AvgIpc) is 3.17. The van der Waals surface area contributed by atoms with E-state index in [-0.39, 0.29) is 0 Å². The molecule has 0 spiro atoms. The van der Waals surface area contributed by atoms with Gasteiger partial charge in [0.25, 0.3) is 0 Å². The van der Waals surface area contributed by atoms with E-state index in [9.17, 15) is 0 Å². The summed E-state index contributed by atoms with van der Waals surface area (Å²) < 4.78 is 0. The van der Waals surface area contributed by atoms with Gasteiger partial charge in [0, 0.05) is 34.6 Å². The summed E-state index contributed by atoms with van der Waals surface area (Å²) in [6.45, 7) is 0. The molecule has 224 valence electrons. The maximum absolute atomic E-state index is 5.19. The van der Waals surface area contributed by atoms with Gasteiger partial charge in [-0.1, -0.05) is 146 Å². The summed E-state index contributed by atoms with van der Waals surface area (Å²) in [7, 11) is 0. The lowest BCUT2D eigenvalue weighted by atomic mass is 9.89. The van der Waals surface area contributed by atoms with Crippen LogP contribution >= 0.6 is 0 Å². The molecule has 0 bridgehead atoms. The Hall–Kier alpha value is -6.45. The number of hydrogen-bond acceptors (Lipinski definition) is 3. The van der Waals surface area contributed by atoms with Crippen LogP contribution in [0.4, 0.5) is 0 Å². The van der Waals surface area contributed by atoms with E-state index >= 15 is 0 Å². The van der Waals surface area contributed by atoms with Crippen molar-refractivity contribution in [2.24, 2.45) is 0 Å². The van der Waals surface area contributed by atoms with Gasteiger partial charge in [0.15, 0.2) is 5.82 Å². The molecule has 0 unspecified atom stereocenters. The first kappa shape index (κ1) is 27.8. The third-order valence-electron chi connectivity index (χ3n) is 9.18. The Morgan fingerprint density at radius 3 is 1.75 bits per heavy atom. The highest BCUT2D eigenvalue weighted by molar-refractivity contribution is 6.20. The van der Waals surface area contributed by atoms with Crippen molar-refractivity contribution < 1.29 is 0 Å². The second-order valence-electron chi connectivity index (χ2n) is 12.0. The van der Waals surface area contributed by atoms with Gasteiger partial charge >= 0.3 is 0 Å². The van der Waals surface area contributed by atoms with Crippen molar-refractivity contribution in [2.45, 2.75) is 0 Å². The Morgan fingerprint density at radius 1 is 0.354 bits per heavy atom. The first-order valence-corrected chi connectivity index (χ1v) is 16.2. The summed E-state index contributed by atoms with van der Waals surface area (Å²) in [5, 5.41) is 7.53. The van der Waals surface area contributed by atoms with Crippen LogP contribution in [-0.4, -0.2) is 15.0 Å². The molecule has 0 radical (unpaired) electrons. The fourth-order valence-corrected chi connectivity index (χ4v) is 6.86. The van der Waals surface area contributed by atoms with Gasteiger partial charge in [0.1, 0.15) is 0 Å². The van der Waals surface area contributed by atoms with Gasteiger partial charge in [-0.15, -0.1) is 0 Å². The Morgan fingerprint density at radius 2 is 0.979 bits per heavy atom. The zero-order chi connectivity index (χ0) is 31.9. The molecular weight excluding hydrogens is 583 g/mol. The topological polar surface area (TPSA) is 38.7 Å². The van der Waals surface area contributed by atoms with Crippen molar-refractivity contribution in [2.75, 3.05) is 0 Å². The first-order chi connectivity index (χ1) is 23.8.